The lowest BCUT2D eigenvalue weighted by atomic mass is 10.2. The summed E-state index contributed by atoms with van der Waals surface area (Å²) < 4.78 is 42.2. The quantitative estimate of drug-likeness (QED) is 0.841. The fraction of sp³-hybridized carbons (Fsp3) is 0.438. The monoisotopic (exact) mass is 337 g/mol. The Balaban J connectivity index is 1.77. The maximum Gasteiger partial charge on any atom is 0.218 e. The van der Waals surface area contributed by atoms with E-state index in [0.29, 0.717) is 18.7 Å². The van der Waals surface area contributed by atoms with Gasteiger partial charge in [0.25, 0.3) is 0 Å². The fourth-order valence-electron chi connectivity index (χ4n) is 3.10. The molecule has 0 bridgehead atoms. The van der Waals surface area contributed by atoms with Crippen LogP contribution in [0.5, 0.6) is 0 Å². The lowest BCUT2D eigenvalue weighted by molar-refractivity contribution is 0.349. The van der Waals surface area contributed by atoms with Crippen molar-refractivity contribution in [1.29, 1.82) is 0 Å². The number of rotatable bonds is 5. The molecule has 23 heavy (non-hydrogen) atoms. The zero-order valence-corrected chi connectivity index (χ0v) is 13.8. The molecule has 0 saturated carbocycles. The molecule has 2 aromatic rings. The Bertz CT molecular complexity index is 788. The summed E-state index contributed by atoms with van der Waals surface area (Å²) in [6.45, 7) is 3.03. The van der Waals surface area contributed by atoms with Crippen molar-refractivity contribution in [2.24, 2.45) is 0 Å². The molecule has 1 fully saturated rings. The molecule has 2 heterocycles. The van der Waals surface area contributed by atoms with Crippen LogP contribution in [0.25, 0.3) is 0 Å². The molecule has 124 valence electrons. The Morgan fingerprint density at radius 2 is 2.22 bits per heavy atom. The molecule has 1 aliphatic heterocycles. The van der Waals surface area contributed by atoms with Gasteiger partial charge in [0.05, 0.1) is 5.75 Å². The number of imidazole rings is 1. The van der Waals surface area contributed by atoms with Gasteiger partial charge in [0.2, 0.25) is 10.0 Å². The molecule has 1 atom stereocenters. The van der Waals surface area contributed by atoms with Crippen molar-refractivity contribution in [1.82, 2.24) is 13.9 Å². The van der Waals surface area contributed by atoms with Gasteiger partial charge in [-0.05, 0) is 37.5 Å². The van der Waals surface area contributed by atoms with E-state index < -0.39 is 15.8 Å². The number of benzene rings is 1. The van der Waals surface area contributed by atoms with E-state index in [0.717, 1.165) is 18.7 Å². The Kier molecular flexibility index (Phi) is 4.50. The molecule has 7 heteroatoms. The summed E-state index contributed by atoms with van der Waals surface area (Å²) in [6.07, 6.45) is 5.27. The highest BCUT2D eigenvalue weighted by Gasteiger charge is 2.34. The van der Waals surface area contributed by atoms with E-state index in [-0.39, 0.29) is 11.8 Å². The van der Waals surface area contributed by atoms with Crippen LogP contribution in [0, 0.1) is 12.7 Å². The molecule has 0 aliphatic carbocycles. The van der Waals surface area contributed by atoms with Gasteiger partial charge in [0.15, 0.2) is 0 Å². The van der Waals surface area contributed by atoms with E-state index in [9.17, 15) is 12.8 Å². The number of hydrogen-bond donors (Lipinski definition) is 0. The summed E-state index contributed by atoms with van der Waals surface area (Å²) >= 11 is 0. The molecule has 1 aliphatic rings. The van der Waals surface area contributed by atoms with Gasteiger partial charge >= 0.3 is 0 Å². The molecule has 0 radical (unpaired) electrons. The predicted octanol–water partition coefficient (Wildman–Crippen LogP) is 2.33. The number of aryl methyl sites for hydroxylation is 1. The maximum atomic E-state index is 13.3. The molecular formula is C16H20FN3O2S. The zero-order chi connectivity index (χ0) is 16.4. The topological polar surface area (TPSA) is 55.2 Å². The average Bonchev–Trinajstić information content (AvgIpc) is 3.09. The summed E-state index contributed by atoms with van der Waals surface area (Å²) in [5, 5.41) is 0. The molecule has 0 spiro atoms. The minimum absolute atomic E-state index is 0.0681. The first-order chi connectivity index (χ1) is 11.0. The van der Waals surface area contributed by atoms with Crippen molar-refractivity contribution in [3.63, 3.8) is 0 Å². The average molecular weight is 337 g/mol. The molecule has 1 saturated heterocycles. The largest absolute Gasteiger partial charge is 0.334 e. The van der Waals surface area contributed by atoms with Crippen molar-refractivity contribution >= 4 is 10.0 Å². The zero-order valence-electron chi connectivity index (χ0n) is 13.0. The molecule has 1 aromatic carbocycles. The van der Waals surface area contributed by atoms with Gasteiger partial charge in [0.1, 0.15) is 11.6 Å². The molecule has 1 unspecified atom stereocenters. The molecule has 0 N–H and O–H groups in total. The number of nitrogens with zero attached hydrogens (tertiary/aromatic N) is 3. The molecule has 0 amide bonds. The number of sulfonamides is 1. The van der Waals surface area contributed by atoms with Crippen molar-refractivity contribution in [2.75, 3.05) is 6.54 Å². The van der Waals surface area contributed by atoms with Gasteiger partial charge in [-0.3, -0.25) is 0 Å². The molecule has 5 nitrogen and oxygen atoms in total. The highest BCUT2D eigenvalue weighted by molar-refractivity contribution is 7.88. The van der Waals surface area contributed by atoms with Gasteiger partial charge in [-0.2, -0.15) is 4.31 Å². The van der Waals surface area contributed by atoms with Gasteiger partial charge in [-0.25, -0.2) is 17.8 Å². The van der Waals surface area contributed by atoms with Crippen LogP contribution in [0.3, 0.4) is 0 Å². The second-order valence-electron chi connectivity index (χ2n) is 5.92. The standard InChI is InChI=1S/C16H20FN3O2S/c1-13-18-7-9-19(13)11-16-6-3-8-20(16)23(21,22)12-14-4-2-5-15(17)10-14/h2,4-5,7,9-10,16H,3,6,8,11-12H2,1H3. The third-order valence-corrected chi connectivity index (χ3v) is 6.14. The normalized spacial score (nSPS) is 19.3. The lowest BCUT2D eigenvalue weighted by Gasteiger charge is -2.25. The highest BCUT2D eigenvalue weighted by Crippen LogP contribution is 2.25. The van der Waals surface area contributed by atoms with Crippen LogP contribution in [0.1, 0.15) is 24.2 Å². The number of aromatic nitrogens is 2. The maximum absolute atomic E-state index is 13.3. The SMILES string of the molecule is Cc1nccn1CC1CCCN1S(=O)(=O)Cc1cccc(F)c1. The molecule has 1 aromatic heterocycles. The number of halogens is 1. The first kappa shape index (κ1) is 16.1. The van der Waals surface area contributed by atoms with Crippen LogP contribution in [-0.4, -0.2) is 34.9 Å². The summed E-state index contributed by atoms with van der Waals surface area (Å²) in [7, 11) is -3.46. The van der Waals surface area contributed by atoms with Crippen LogP contribution >= 0.6 is 0 Å². The minimum Gasteiger partial charge on any atom is -0.334 e. The van der Waals surface area contributed by atoms with Crippen LogP contribution in [0.15, 0.2) is 36.7 Å². The molecular weight excluding hydrogens is 317 g/mol. The van der Waals surface area contributed by atoms with Gasteiger partial charge in [-0.15, -0.1) is 0 Å². The smallest absolute Gasteiger partial charge is 0.218 e. The second-order valence-corrected chi connectivity index (χ2v) is 7.84. The van der Waals surface area contributed by atoms with E-state index in [1.807, 2.05) is 17.7 Å². The molecule has 3 rings (SSSR count). The predicted molar refractivity (Wildman–Crippen MR) is 85.7 cm³/mol. The van der Waals surface area contributed by atoms with Gasteiger partial charge in [-0.1, -0.05) is 12.1 Å². The summed E-state index contributed by atoms with van der Waals surface area (Å²) in [5.41, 5.74) is 0.481. The van der Waals surface area contributed by atoms with E-state index in [2.05, 4.69) is 4.98 Å². The van der Waals surface area contributed by atoms with Crippen LogP contribution in [0.4, 0.5) is 4.39 Å². The second kappa shape index (κ2) is 6.41. The van der Waals surface area contributed by atoms with E-state index in [1.54, 1.807) is 16.6 Å². The third-order valence-electron chi connectivity index (χ3n) is 4.25. The first-order valence-corrected chi connectivity index (χ1v) is 9.28. The minimum atomic E-state index is -3.46. The van der Waals surface area contributed by atoms with E-state index in [4.69, 9.17) is 0 Å². The Hall–Kier alpha value is -1.73. The van der Waals surface area contributed by atoms with Crippen molar-refractivity contribution in [3.8, 4) is 0 Å². The van der Waals surface area contributed by atoms with Crippen molar-refractivity contribution in [3.05, 3.63) is 53.9 Å². The van der Waals surface area contributed by atoms with Crippen LogP contribution < -0.4 is 0 Å². The summed E-state index contributed by atoms with van der Waals surface area (Å²) in [4.78, 5) is 4.18. The van der Waals surface area contributed by atoms with Crippen molar-refractivity contribution < 1.29 is 12.8 Å². The van der Waals surface area contributed by atoms with Crippen molar-refractivity contribution in [2.45, 2.75) is 38.1 Å². The third kappa shape index (κ3) is 3.61. The highest BCUT2D eigenvalue weighted by atomic mass is 32.2. The first-order valence-electron chi connectivity index (χ1n) is 7.67. The van der Waals surface area contributed by atoms with Gasteiger partial charge < -0.3 is 4.57 Å². The van der Waals surface area contributed by atoms with Gasteiger partial charge in [0, 0.05) is 31.5 Å². The van der Waals surface area contributed by atoms with E-state index in [1.165, 1.54) is 18.2 Å². The van der Waals surface area contributed by atoms with Crippen LogP contribution in [0.2, 0.25) is 0 Å². The Labute approximate surface area is 135 Å². The summed E-state index contributed by atoms with van der Waals surface area (Å²) in [6, 6.07) is 5.71. The fourth-order valence-corrected chi connectivity index (χ4v) is 4.90. The van der Waals surface area contributed by atoms with E-state index >= 15 is 0 Å². The van der Waals surface area contributed by atoms with Crippen LogP contribution in [-0.2, 0) is 22.3 Å². The Morgan fingerprint density at radius 1 is 1.39 bits per heavy atom. The number of hydrogen-bond acceptors (Lipinski definition) is 3. The summed E-state index contributed by atoms with van der Waals surface area (Å²) in [5.74, 6) is 0.300. The lowest BCUT2D eigenvalue weighted by Crippen LogP contribution is -2.38. The Morgan fingerprint density at radius 3 is 2.91 bits per heavy atom.